The van der Waals surface area contributed by atoms with Gasteiger partial charge in [0, 0.05) is 34.6 Å². The molecule has 0 aromatic carbocycles. The van der Waals surface area contributed by atoms with E-state index in [1.807, 2.05) is 19.9 Å². The second-order valence-corrected chi connectivity index (χ2v) is 7.24. The molecule has 0 fully saturated rings. The quantitative estimate of drug-likeness (QED) is 0.733. The highest BCUT2D eigenvalue weighted by Crippen LogP contribution is 2.24. The van der Waals surface area contributed by atoms with E-state index in [4.69, 9.17) is 0 Å². The van der Waals surface area contributed by atoms with E-state index in [0.29, 0.717) is 0 Å². The summed E-state index contributed by atoms with van der Waals surface area (Å²) >= 11 is 3.53. The predicted octanol–water partition coefficient (Wildman–Crippen LogP) is 4.29. The summed E-state index contributed by atoms with van der Waals surface area (Å²) in [7, 11) is 0. The molecule has 0 aliphatic rings. The lowest BCUT2D eigenvalue weighted by Crippen LogP contribution is -2.23. The number of nitrogens with one attached hydrogen (secondary N) is 1. The van der Waals surface area contributed by atoms with E-state index >= 15 is 0 Å². The van der Waals surface area contributed by atoms with Gasteiger partial charge in [-0.25, -0.2) is 4.98 Å². The van der Waals surface area contributed by atoms with Crippen LogP contribution in [-0.4, -0.2) is 9.97 Å². The van der Waals surface area contributed by atoms with E-state index in [2.05, 4.69) is 50.3 Å². The molecule has 0 unspecified atom stereocenters. The Morgan fingerprint density at radius 1 is 1.05 bits per heavy atom. The van der Waals surface area contributed by atoms with Crippen molar-refractivity contribution in [1.29, 1.82) is 0 Å². The van der Waals surface area contributed by atoms with Crippen molar-refractivity contribution in [3.63, 3.8) is 0 Å². The highest BCUT2D eigenvalue weighted by molar-refractivity contribution is 7.10. The molecule has 5 heteroatoms. The molecule has 3 aromatic heterocycles. The van der Waals surface area contributed by atoms with Crippen LogP contribution in [-0.2, 0) is 13.0 Å². The molecule has 1 N–H and O–H groups in total. The zero-order valence-electron chi connectivity index (χ0n) is 12.7. The third-order valence-corrected chi connectivity index (χ3v) is 5.37. The van der Waals surface area contributed by atoms with Gasteiger partial charge < -0.3 is 5.32 Å². The maximum Gasteiger partial charge on any atom is 0.110 e. The Balaban J connectivity index is 1.73. The Morgan fingerprint density at radius 3 is 2.64 bits per heavy atom. The van der Waals surface area contributed by atoms with Crippen molar-refractivity contribution in [2.75, 3.05) is 0 Å². The zero-order chi connectivity index (χ0) is 15.4. The van der Waals surface area contributed by atoms with E-state index in [1.54, 1.807) is 22.7 Å². The van der Waals surface area contributed by atoms with Gasteiger partial charge in [0.2, 0.25) is 0 Å². The van der Waals surface area contributed by atoms with Crippen molar-refractivity contribution < 1.29 is 0 Å². The van der Waals surface area contributed by atoms with Crippen molar-refractivity contribution in [3.8, 4) is 0 Å². The molecule has 0 aliphatic carbocycles. The van der Waals surface area contributed by atoms with Crippen LogP contribution in [0.4, 0.5) is 0 Å². The largest absolute Gasteiger partial charge is 0.302 e. The third kappa shape index (κ3) is 4.00. The van der Waals surface area contributed by atoms with Crippen LogP contribution in [0, 0.1) is 13.8 Å². The van der Waals surface area contributed by atoms with Crippen molar-refractivity contribution in [2.45, 2.75) is 32.9 Å². The summed E-state index contributed by atoms with van der Waals surface area (Å²) < 4.78 is 0. The van der Waals surface area contributed by atoms with E-state index < -0.39 is 0 Å². The minimum atomic E-state index is 0.236. The topological polar surface area (TPSA) is 37.8 Å². The molecule has 3 aromatic rings. The molecule has 0 spiro atoms. The molecule has 114 valence electrons. The average Bonchev–Trinajstić information content (AvgIpc) is 3.15. The SMILES string of the molecule is Cc1cccc(CN[C@@H](Cc2cccs2)c2nc(C)cs2)n1. The van der Waals surface area contributed by atoms with Crippen LogP contribution in [0.1, 0.15) is 33.0 Å². The minimum Gasteiger partial charge on any atom is -0.302 e. The van der Waals surface area contributed by atoms with Crippen LogP contribution in [0.2, 0.25) is 0 Å². The first-order valence-corrected chi connectivity index (χ1v) is 9.07. The number of aryl methyl sites for hydroxylation is 2. The summed E-state index contributed by atoms with van der Waals surface area (Å²) in [6, 6.07) is 10.7. The van der Waals surface area contributed by atoms with E-state index in [-0.39, 0.29) is 6.04 Å². The second-order valence-electron chi connectivity index (χ2n) is 5.31. The van der Waals surface area contributed by atoms with Crippen LogP contribution in [0.5, 0.6) is 0 Å². The molecule has 1 atom stereocenters. The fourth-order valence-electron chi connectivity index (χ4n) is 2.33. The molecule has 3 rings (SSSR count). The molecule has 0 saturated carbocycles. The Hall–Kier alpha value is -1.56. The Kier molecular flexibility index (Phi) is 4.97. The van der Waals surface area contributed by atoms with Gasteiger partial charge in [-0.2, -0.15) is 0 Å². The number of thiophene rings is 1. The van der Waals surface area contributed by atoms with Gasteiger partial charge in [-0.05, 0) is 37.4 Å². The van der Waals surface area contributed by atoms with Crippen LogP contribution in [0.25, 0.3) is 0 Å². The van der Waals surface area contributed by atoms with Gasteiger partial charge in [-0.1, -0.05) is 12.1 Å². The fourth-order valence-corrected chi connectivity index (χ4v) is 3.96. The highest BCUT2D eigenvalue weighted by Gasteiger charge is 2.16. The van der Waals surface area contributed by atoms with Gasteiger partial charge >= 0.3 is 0 Å². The van der Waals surface area contributed by atoms with Crippen LogP contribution >= 0.6 is 22.7 Å². The van der Waals surface area contributed by atoms with E-state index in [0.717, 1.165) is 35.1 Å². The Bertz CT molecular complexity index is 719. The van der Waals surface area contributed by atoms with Gasteiger partial charge in [0.1, 0.15) is 5.01 Å². The molecule has 3 heterocycles. The highest BCUT2D eigenvalue weighted by atomic mass is 32.1. The van der Waals surface area contributed by atoms with Gasteiger partial charge in [0.15, 0.2) is 0 Å². The molecule has 0 amide bonds. The molecular weight excluding hydrogens is 310 g/mol. The standard InChI is InChI=1S/C17H19N3S2/c1-12-5-3-6-14(19-12)10-18-16(9-15-7-4-8-21-15)17-20-13(2)11-22-17/h3-8,11,16,18H,9-10H2,1-2H3/t16-/m0/s1. The molecular formula is C17H19N3S2. The van der Waals surface area contributed by atoms with Crippen LogP contribution < -0.4 is 5.32 Å². The predicted molar refractivity (Wildman–Crippen MR) is 93.4 cm³/mol. The maximum absolute atomic E-state index is 4.66. The molecule has 0 bridgehead atoms. The summed E-state index contributed by atoms with van der Waals surface area (Å²) in [6.07, 6.45) is 0.969. The maximum atomic E-state index is 4.66. The summed E-state index contributed by atoms with van der Waals surface area (Å²) in [5.74, 6) is 0. The number of rotatable bonds is 6. The zero-order valence-corrected chi connectivity index (χ0v) is 14.4. The summed E-state index contributed by atoms with van der Waals surface area (Å²) in [4.78, 5) is 10.6. The average molecular weight is 329 g/mol. The minimum absolute atomic E-state index is 0.236. The summed E-state index contributed by atoms with van der Waals surface area (Å²) in [6.45, 7) is 4.83. The van der Waals surface area contributed by atoms with Gasteiger partial charge in [0.05, 0.1) is 11.7 Å². The molecule has 22 heavy (non-hydrogen) atoms. The lowest BCUT2D eigenvalue weighted by molar-refractivity contribution is 0.525. The van der Waals surface area contributed by atoms with Gasteiger partial charge in [-0.3, -0.25) is 4.98 Å². The second kappa shape index (κ2) is 7.13. The first-order chi connectivity index (χ1) is 10.7. The van der Waals surface area contributed by atoms with E-state index in [9.17, 15) is 0 Å². The Labute approximate surface area is 139 Å². The number of pyridine rings is 1. The van der Waals surface area contributed by atoms with Crippen molar-refractivity contribution in [1.82, 2.24) is 15.3 Å². The van der Waals surface area contributed by atoms with Crippen LogP contribution in [0.15, 0.2) is 41.1 Å². The first-order valence-electron chi connectivity index (χ1n) is 7.31. The van der Waals surface area contributed by atoms with Crippen molar-refractivity contribution >= 4 is 22.7 Å². The summed E-state index contributed by atoms with van der Waals surface area (Å²) in [5, 5.41) is 9.02. The smallest absolute Gasteiger partial charge is 0.110 e. The number of thiazole rings is 1. The third-order valence-electron chi connectivity index (χ3n) is 3.40. The molecule has 3 nitrogen and oxygen atoms in total. The summed E-state index contributed by atoms with van der Waals surface area (Å²) in [5.41, 5.74) is 3.22. The fraction of sp³-hybridized carbons (Fsp3) is 0.294. The van der Waals surface area contributed by atoms with Crippen molar-refractivity contribution in [2.24, 2.45) is 0 Å². The van der Waals surface area contributed by atoms with Crippen LogP contribution in [0.3, 0.4) is 0 Å². The Morgan fingerprint density at radius 2 is 1.95 bits per heavy atom. The lowest BCUT2D eigenvalue weighted by Gasteiger charge is -2.16. The van der Waals surface area contributed by atoms with Gasteiger partial charge in [-0.15, -0.1) is 22.7 Å². The first kappa shape index (κ1) is 15.3. The van der Waals surface area contributed by atoms with Gasteiger partial charge in [0.25, 0.3) is 0 Å². The number of hydrogen-bond acceptors (Lipinski definition) is 5. The molecule has 0 radical (unpaired) electrons. The normalized spacial score (nSPS) is 12.5. The van der Waals surface area contributed by atoms with Crippen molar-refractivity contribution in [3.05, 3.63) is 68.1 Å². The monoisotopic (exact) mass is 329 g/mol. The number of nitrogens with zero attached hydrogens (tertiary/aromatic N) is 2. The van der Waals surface area contributed by atoms with E-state index in [1.165, 1.54) is 4.88 Å². The molecule has 0 aliphatic heterocycles. The molecule has 0 saturated heterocycles. The number of aromatic nitrogens is 2. The number of hydrogen-bond donors (Lipinski definition) is 1. The lowest BCUT2D eigenvalue weighted by atomic mass is 10.2.